The lowest BCUT2D eigenvalue weighted by atomic mass is 10.0. The summed E-state index contributed by atoms with van der Waals surface area (Å²) in [6.07, 6.45) is 1.01. The lowest BCUT2D eigenvalue weighted by molar-refractivity contribution is -0.156. The molecule has 11 aromatic rings. The number of carbonyl (C=O) groups is 10. The number of fused-ring (bicyclic) bond motifs is 4. The number of carboxylic acids is 2. The Morgan fingerprint density at radius 2 is 0.835 bits per heavy atom. The van der Waals surface area contributed by atoms with Crippen molar-refractivity contribution in [2.24, 2.45) is 0 Å². The minimum Gasteiger partial charge on any atom is -0.478 e. The molecule has 7 N–H and O–H groups in total. The fourth-order valence-electron chi connectivity index (χ4n) is 11.1. The molecule has 22 nitrogen and oxygen atoms in total. The summed E-state index contributed by atoms with van der Waals surface area (Å²) in [6, 6.07) is 54.4. The highest BCUT2D eigenvalue weighted by atomic mass is 35.5. The number of pyridine rings is 3. The normalized spacial score (nSPS) is 12.5. The second kappa shape index (κ2) is 39.9. The van der Waals surface area contributed by atoms with Crippen LogP contribution in [0.2, 0.25) is 20.1 Å². The molecule has 5 heterocycles. The maximum atomic E-state index is 13.2. The summed E-state index contributed by atoms with van der Waals surface area (Å²) in [4.78, 5) is 127. The second-order valence-corrected chi connectivity index (χ2v) is 26.5. The number of aromatic carboxylic acids is 2. The van der Waals surface area contributed by atoms with Crippen molar-refractivity contribution in [3.8, 4) is 33.8 Å². The number of nitrogens with zero attached hydrogens (tertiary/aromatic N) is 4. The summed E-state index contributed by atoms with van der Waals surface area (Å²) in [5, 5.41) is 25.8. The zero-order chi connectivity index (χ0) is 79.0. The van der Waals surface area contributed by atoms with Crippen molar-refractivity contribution in [1.82, 2.24) is 25.2 Å². The third-order valence-corrected chi connectivity index (χ3v) is 17.2. The number of hydrogen-bond donors (Lipinski definition) is 5. The highest BCUT2D eigenvalue weighted by molar-refractivity contribution is 6.47. The van der Waals surface area contributed by atoms with Crippen LogP contribution in [0, 0.1) is 0 Å². The Bertz CT molecular complexity index is 5190. The van der Waals surface area contributed by atoms with Crippen LogP contribution in [0.4, 0.5) is 11.4 Å². The first-order valence-corrected chi connectivity index (χ1v) is 35.4. The highest BCUT2D eigenvalue weighted by Crippen LogP contribution is 2.32. The van der Waals surface area contributed by atoms with Crippen molar-refractivity contribution in [3.05, 3.63) is 253 Å². The van der Waals surface area contributed by atoms with E-state index in [1.165, 1.54) is 20.8 Å². The van der Waals surface area contributed by atoms with Crippen molar-refractivity contribution >= 4 is 149 Å². The van der Waals surface area contributed by atoms with Crippen LogP contribution < -0.4 is 16.8 Å². The van der Waals surface area contributed by atoms with E-state index >= 15 is 0 Å². The summed E-state index contributed by atoms with van der Waals surface area (Å²) in [5.74, 6) is -3.67. The van der Waals surface area contributed by atoms with Gasteiger partial charge in [0.1, 0.15) is 11.6 Å². The van der Waals surface area contributed by atoms with E-state index in [9.17, 15) is 58.2 Å². The number of aromatic nitrogens is 3. The molecular formula is C83H75Cl4N7O15. The van der Waals surface area contributed by atoms with Crippen LogP contribution in [0.25, 0.3) is 66.5 Å². The molecular weight excluding hydrogens is 1480 g/mol. The molecule has 0 saturated carbocycles. The number of esters is 2. The molecule has 3 aromatic heterocycles. The number of benzene rings is 8. The molecule has 2 aliphatic heterocycles. The number of carbonyl (C=O) groups excluding carboxylic acids is 8. The van der Waals surface area contributed by atoms with E-state index in [-0.39, 0.29) is 46.6 Å². The Labute approximate surface area is 647 Å². The molecule has 26 heteroatoms. The van der Waals surface area contributed by atoms with Crippen LogP contribution in [-0.2, 0) is 57.4 Å². The molecule has 0 radical (unpaired) electrons. The number of rotatable bonds is 11. The van der Waals surface area contributed by atoms with Gasteiger partial charge in [-0.05, 0) is 159 Å². The number of Topliss-reactive ketones (excluding diaryl/α,β-unsaturated/α-hetero) is 5. The number of halogens is 4. The van der Waals surface area contributed by atoms with Gasteiger partial charge in [-0.2, -0.15) is 0 Å². The Balaban J connectivity index is 0.000000170. The van der Waals surface area contributed by atoms with Crippen LogP contribution in [0.3, 0.4) is 0 Å². The highest BCUT2D eigenvalue weighted by Gasteiger charge is 2.28. The van der Waals surface area contributed by atoms with E-state index in [1.807, 2.05) is 72.8 Å². The van der Waals surface area contributed by atoms with Gasteiger partial charge in [0, 0.05) is 135 Å². The lowest BCUT2D eigenvalue weighted by Gasteiger charge is -2.27. The third-order valence-electron chi connectivity index (χ3n) is 16.3. The Morgan fingerprint density at radius 1 is 0.468 bits per heavy atom. The van der Waals surface area contributed by atoms with Gasteiger partial charge in [0.15, 0.2) is 5.78 Å². The average Bonchev–Trinajstić information content (AvgIpc) is 1.56. The Hall–Kier alpha value is -11.5. The number of nitrogens with two attached hydrogens (primary N) is 2. The van der Waals surface area contributed by atoms with Crippen molar-refractivity contribution in [1.29, 1.82) is 0 Å². The number of ketones is 5. The molecule has 0 spiro atoms. The van der Waals surface area contributed by atoms with Crippen molar-refractivity contribution in [2.45, 2.75) is 53.9 Å². The number of ether oxygens (including phenoxy) is 3. The van der Waals surface area contributed by atoms with Crippen molar-refractivity contribution in [3.63, 3.8) is 0 Å². The fraction of sp³-hybridized carbons (Fsp3) is 0.193. The molecule has 3 aliphatic rings. The smallest absolute Gasteiger partial charge is 0.336 e. The maximum absolute atomic E-state index is 13.2. The second-order valence-electron chi connectivity index (χ2n) is 24.8. The minimum absolute atomic E-state index is 0.0441. The van der Waals surface area contributed by atoms with Gasteiger partial charge in [0.05, 0.1) is 76.7 Å². The zero-order valence-corrected chi connectivity index (χ0v) is 62.9. The van der Waals surface area contributed by atoms with Crippen LogP contribution in [0.15, 0.2) is 188 Å². The van der Waals surface area contributed by atoms with Crippen LogP contribution in [-0.4, -0.2) is 141 Å². The van der Waals surface area contributed by atoms with Gasteiger partial charge < -0.3 is 46.1 Å². The Kier molecular flexibility index (Phi) is 30.5. The molecule has 0 unspecified atom stereocenters. The van der Waals surface area contributed by atoms with Crippen molar-refractivity contribution < 1.29 is 72.4 Å². The van der Waals surface area contributed by atoms with Gasteiger partial charge in [-0.1, -0.05) is 113 Å². The zero-order valence-electron chi connectivity index (χ0n) is 59.8. The molecule has 14 rings (SSSR count). The van der Waals surface area contributed by atoms with E-state index < -0.39 is 29.7 Å². The molecule has 2 saturated heterocycles. The van der Waals surface area contributed by atoms with Crippen LogP contribution >= 0.6 is 46.4 Å². The first-order valence-electron chi connectivity index (χ1n) is 33.9. The summed E-state index contributed by atoms with van der Waals surface area (Å²) in [6.45, 7) is 13.1. The summed E-state index contributed by atoms with van der Waals surface area (Å²) >= 11 is 23.8. The van der Waals surface area contributed by atoms with Gasteiger partial charge in [0.25, 0.3) is 5.91 Å². The summed E-state index contributed by atoms with van der Waals surface area (Å²) in [7, 11) is 0. The number of anilines is 2. The molecule has 8 aromatic carbocycles. The lowest BCUT2D eigenvalue weighted by Crippen LogP contribution is -2.40. The van der Waals surface area contributed by atoms with E-state index in [0.717, 1.165) is 70.6 Å². The van der Waals surface area contributed by atoms with Gasteiger partial charge in [-0.25, -0.2) is 24.5 Å². The maximum Gasteiger partial charge on any atom is 0.336 e. The van der Waals surface area contributed by atoms with Gasteiger partial charge in [-0.3, -0.25) is 38.4 Å². The number of hydrogen-bond acceptors (Lipinski definition) is 19. The van der Waals surface area contributed by atoms with E-state index in [0.29, 0.717) is 126 Å². The van der Waals surface area contributed by atoms with E-state index in [1.54, 1.807) is 134 Å². The van der Waals surface area contributed by atoms with Crippen LogP contribution in [0.5, 0.6) is 0 Å². The number of carboxylic acid groups (broad SMARTS) is 2. The predicted octanol–water partition coefficient (Wildman–Crippen LogP) is 15.2. The van der Waals surface area contributed by atoms with E-state index in [2.05, 4.69) is 20.0 Å². The quantitative estimate of drug-likeness (QED) is 0.0264. The molecule has 1 amide bonds. The molecule has 0 bridgehead atoms. The molecule has 0 atom stereocenters. The molecule has 1 aliphatic carbocycles. The fourth-order valence-corrected chi connectivity index (χ4v) is 11.8. The van der Waals surface area contributed by atoms with Gasteiger partial charge >= 0.3 is 23.9 Å². The number of nitrogen functional groups attached to an aromatic ring is 2. The average molecular weight is 1550 g/mol. The number of morpholine rings is 2. The largest absolute Gasteiger partial charge is 0.478 e. The first-order chi connectivity index (χ1) is 52.0. The van der Waals surface area contributed by atoms with Crippen LogP contribution in [0.1, 0.15) is 103 Å². The number of amides is 1. The SMILES string of the molecule is C1COCCN1.CC(=O)Cc1ccc(-c2cc(C(=O)N3CCOCC3)c3cc(Cl)ccc3n2)cc1.CC(=O)Cc1ccc(-c2cc(C(=O)O)c3cc(Cl)ccc3n2)cc1.CC(=O)OC(C)=O.CC(=O)c1ccc(N)cc1.Nc1ccc(-c2cc(C(=O)O)c3cc(Cl)ccc3n2)cc1.O=C1Cc2ccc(Cl)cc2C1=O. The third kappa shape index (κ3) is 24.8. The summed E-state index contributed by atoms with van der Waals surface area (Å²) < 4.78 is 14.4. The molecule has 560 valence electrons. The summed E-state index contributed by atoms with van der Waals surface area (Å²) in [5.41, 5.74) is 23.4. The Morgan fingerprint density at radius 3 is 1.19 bits per heavy atom. The van der Waals surface area contributed by atoms with Gasteiger partial charge in [-0.15, -0.1) is 0 Å². The monoisotopic (exact) mass is 1550 g/mol. The minimum atomic E-state index is -1.03. The predicted molar refractivity (Wildman–Crippen MR) is 422 cm³/mol. The van der Waals surface area contributed by atoms with Crippen molar-refractivity contribution in [2.75, 3.05) is 64.1 Å². The number of nitrogens with one attached hydrogen (secondary N) is 1. The molecule has 2 fully saturated rings. The molecule has 109 heavy (non-hydrogen) atoms. The standard InChI is InChI=1S/C23H21ClN2O3.C19H14ClNO3.C16H11ClN2O2.C9H5ClO2.C8H9NO.C4H9NO.C4H6O3/c1-15(27)12-16-2-4-17(5-3-16)22-14-20(23(28)26-8-10-29-11-9-26)19-13-18(24)6-7-21(19)25-22;1-11(22)8-12-2-4-13(5-3-12)18-10-16(19(23)24)15-9-14(20)6-7-17(15)21-18;17-10-3-6-14-12(7-10)13(16(20)21)8-15(19-14)9-1-4-11(18)5-2-9;10-6-2-1-5-3-8(11)9(12)7(5)4-6;1-6(10)7-2-4-8(9)5-3-7;1-3-6-4-2-5-1;1-3(5)7-4(2)6/h2-7,13-14H,8-12H2,1H3;2-7,9-10H,8H2,1H3,(H,23,24);1-8H,18H2,(H,20,21);1-2,4H,3H2;2-5H,9H2,1H3;5H,1-4H2;1-2H3. The first kappa shape index (κ1) is 83.2. The van der Waals surface area contributed by atoms with E-state index in [4.69, 9.17) is 72.3 Å². The topological polar surface area (TPSA) is 345 Å². The van der Waals surface area contributed by atoms with Gasteiger partial charge in [0.2, 0.25) is 11.6 Å².